The molecule has 2 aromatic rings. The van der Waals surface area contributed by atoms with Crippen LogP contribution in [0, 0.1) is 0 Å². The molecule has 1 saturated heterocycles. The summed E-state index contributed by atoms with van der Waals surface area (Å²) in [7, 11) is 0. The summed E-state index contributed by atoms with van der Waals surface area (Å²) in [5, 5.41) is 3.35. The highest BCUT2D eigenvalue weighted by molar-refractivity contribution is 6.30. The first-order valence-electron chi connectivity index (χ1n) is 9.72. The molecular weight excluding hydrogens is 406 g/mol. The minimum absolute atomic E-state index is 0.0263. The maximum Gasteiger partial charge on any atom is 0.244 e. The Bertz CT molecular complexity index is 971. The van der Waals surface area contributed by atoms with Crippen LogP contribution >= 0.6 is 11.6 Å². The Hall–Kier alpha value is -3.19. The molecule has 2 amide bonds. The molecule has 0 bridgehead atoms. The van der Waals surface area contributed by atoms with Crippen molar-refractivity contribution in [2.45, 2.75) is 0 Å². The lowest BCUT2D eigenvalue weighted by atomic mass is 10.2. The van der Waals surface area contributed by atoms with E-state index in [0.717, 1.165) is 24.3 Å². The van der Waals surface area contributed by atoms with Crippen molar-refractivity contribution in [1.29, 1.82) is 0 Å². The molecule has 2 aliphatic heterocycles. The Kier molecular flexibility index (Phi) is 6.09. The summed E-state index contributed by atoms with van der Waals surface area (Å²) in [6, 6.07) is 13.1. The average Bonchev–Trinajstić information content (AvgIpc) is 3.24. The first-order chi connectivity index (χ1) is 14.6. The lowest BCUT2D eigenvalue weighted by Gasteiger charge is -2.36. The van der Waals surface area contributed by atoms with E-state index in [1.54, 1.807) is 23.1 Å². The minimum Gasteiger partial charge on any atom is -0.454 e. The van der Waals surface area contributed by atoms with Gasteiger partial charge in [0.1, 0.15) is 0 Å². The van der Waals surface area contributed by atoms with Gasteiger partial charge in [0, 0.05) is 43.0 Å². The normalized spacial score (nSPS) is 15.5. The molecule has 2 aromatic carbocycles. The summed E-state index contributed by atoms with van der Waals surface area (Å²) in [6.07, 6.45) is 3.08. The van der Waals surface area contributed by atoms with Gasteiger partial charge in [-0.15, -0.1) is 0 Å². The van der Waals surface area contributed by atoms with Gasteiger partial charge >= 0.3 is 0 Å². The third-order valence-corrected chi connectivity index (χ3v) is 5.28. The van der Waals surface area contributed by atoms with Crippen molar-refractivity contribution in [3.8, 4) is 11.5 Å². The van der Waals surface area contributed by atoms with Gasteiger partial charge in [-0.3, -0.25) is 9.59 Å². The molecule has 2 aliphatic rings. The second kappa shape index (κ2) is 9.09. The largest absolute Gasteiger partial charge is 0.454 e. The van der Waals surface area contributed by atoms with Gasteiger partial charge in [0.25, 0.3) is 0 Å². The Morgan fingerprint density at radius 2 is 1.83 bits per heavy atom. The fourth-order valence-corrected chi connectivity index (χ4v) is 3.59. The number of amides is 2. The van der Waals surface area contributed by atoms with Crippen LogP contribution in [0.25, 0.3) is 6.08 Å². The number of nitrogens with zero attached hydrogens (tertiary/aromatic N) is 2. The van der Waals surface area contributed by atoms with Crippen LogP contribution in [0.15, 0.2) is 48.5 Å². The summed E-state index contributed by atoms with van der Waals surface area (Å²) in [5.74, 6) is 0.937. The number of hydrogen-bond donors (Lipinski definition) is 1. The Morgan fingerprint density at radius 1 is 1.03 bits per heavy atom. The summed E-state index contributed by atoms with van der Waals surface area (Å²) in [5.41, 5.74) is 1.87. The van der Waals surface area contributed by atoms with Crippen LogP contribution in [0.2, 0.25) is 5.02 Å². The standard InChI is InChI=1S/C22H22ClN3O4/c23-17-2-1-3-18(13-17)25-8-10-26(11-9-25)22(28)14-24-21(27)7-5-16-4-6-19-20(12-16)30-15-29-19/h1-7,12-13H,8-11,14-15H2,(H,24,27)/b7-5+. The fourth-order valence-electron chi connectivity index (χ4n) is 3.41. The molecule has 8 heteroatoms. The molecule has 2 heterocycles. The van der Waals surface area contributed by atoms with Crippen LogP contribution in [0.1, 0.15) is 5.56 Å². The van der Waals surface area contributed by atoms with Crippen molar-refractivity contribution < 1.29 is 19.1 Å². The second-order valence-electron chi connectivity index (χ2n) is 7.01. The highest BCUT2D eigenvalue weighted by atomic mass is 35.5. The van der Waals surface area contributed by atoms with Crippen molar-refractivity contribution >= 4 is 35.2 Å². The van der Waals surface area contributed by atoms with E-state index in [9.17, 15) is 9.59 Å². The van der Waals surface area contributed by atoms with E-state index in [4.69, 9.17) is 21.1 Å². The van der Waals surface area contributed by atoms with Crippen LogP contribution in [0.5, 0.6) is 11.5 Å². The number of anilines is 1. The molecule has 0 spiro atoms. The zero-order chi connectivity index (χ0) is 20.9. The van der Waals surface area contributed by atoms with Crippen LogP contribution in [-0.2, 0) is 9.59 Å². The number of benzene rings is 2. The molecule has 0 aliphatic carbocycles. The number of carbonyl (C=O) groups excluding carboxylic acids is 2. The number of carbonyl (C=O) groups is 2. The number of rotatable bonds is 5. The molecule has 30 heavy (non-hydrogen) atoms. The molecule has 0 aromatic heterocycles. The molecule has 0 atom stereocenters. The number of fused-ring (bicyclic) bond motifs is 1. The van der Waals surface area contributed by atoms with Gasteiger partial charge in [-0.2, -0.15) is 0 Å². The van der Waals surface area contributed by atoms with Gasteiger partial charge in [-0.25, -0.2) is 0 Å². The lowest BCUT2D eigenvalue weighted by Crippen LogP contribution is -2.51. The number of halogens is 1. The zero-order valence-corrected chi connectivity index (χ0v) is 17.1. The summed E-state index contributed by atoms with van der Waals surface area (Å²) >= 11 is 6.05. The number of piperazine rings is 1. The average molecular weight is 428 g/mol. The zero-order valence-electron chi connectivity index (χ0n) is 16.3. The van der Waals surface area contributed by atoms with Crippen LogP contribution in [0.4, 0.5) is 5.69 Å². The SMILES string of the molecule is O=C(/C=C/c1ccc2c(c1)OCO2)NCC(=O)N1CCN(c2cccc(Cl)c2)CC1. The molecule has 0 saturated carbocycles. The number of ether oxygens (including phenoxy) is 2. The predicted molar refractivity (Wildman–Crippen MR) is 115 cm³/mol. The highest BCUT2D eigenvalue weighted by Gasteiger charge is 2.21. The lowest BCUT2D eigenvalue weighted by molar-refractivity contribution is -0.132. The quantitative estimate of drug-likeness (QED) is 0.742. The molecule has 4 rings (SSSR count). The van der Waals surface area contributed by atoms with E-state index in [0.29, 0.717) is 29.6 Å². The second-order valence-corrected chi connectivity index (χ2v) is 7.45. The molecule has 156 valence electrons. The molecule has 1 N–H and O–H groups in total. The van der Waals surface area contributed by atoms with Crippen molar-refractivity contribution in [2.24, 2.45) is 0 Å². The third kappa shape index (κ3) is 4.86. The van der Waals surface area contributed by atoms with E-state index in [1.165, 1.54) is 6.08 Å². The summed E-state index contributed by atoms with van der Waals surface area (Å²) in [6.45, 7) is 2.84. The van der Waals surface area contributed by atoms with E-state index >= 15 is 0 Å². The van der Waals surface area contributed by atoms with Crippen molar-refractivity contribution in [2.75, 3.05) is 44.4 Å². The van der Waals surface area contributed by atoms with Crippen LogP contribution in [-0.4, -0.2) is 56.2 Å². The van der Waals surface area contributed by atoms with Gasteiger partial charge in [-0.05, 0) is 42.0 Å². The van der Waals surface area contributed by atoms with Crippen molar-refractivity contribution in [1.82, 2.24) is 10.2 Å². The van der Waals surface area contributed by atoms with E-state index in [-0.39, 0.29) is 25.2 Å². The summed E-state index contributed by atoms with van der Waals surface area (Å²) < 4.78 is 10.6. The van der Waals surface area contributed by atoms with Gasteiger partial charge in [-0.1, -0.05) is 23.7 Å². The maximum atomic E-state index is 12.4. The number of nitrogens with one attached hydrogen (secondary N) is 1. The first-order valence-corrected chi connectivity index (χ1v) is 10.1. The summed E-state index contributed by atoms with van der Waals surface area (Å²) in [4.78, 5) is 28.4. The molecule has 0 unspecified atom stereocenters. The van der Waals surface area contributed by atoms with Crippen molar-refractivity contribution in [3.05, 3.63) is 59.1 Å². The van der Waals surface area contributed by atoms with Gasteiger partial charge in [0.15, 0.2) is 11.5 Å². The fraction of sp³-hybridized carbons (Fsp3) is 0.273. The van der Waals surface area contributed by atoms with Crippen molar-refractivity contribution in [3.63, 3.8) is 0 Å². The smallest absolute Gasteiger partial charge is 0.244 e. The molecule has 1 fully saturated rings. The molecular formula is C22H22ClN3O4. The topological polar surface area (TPSA) is 71.1 Å². The van der Waals surface area contributed by atoms with Gasteiger partial charge in [0.2, 0.25) is 18.6 Å². The first kappa shape index (κ1) is 20.1. The van der Waals surface area contributed by atoms with Crippen LogP contribution in [0.3, 0.4) is 0 Å². The van der Waals surface area contributed by atoms with Crippen LogP contribution < -0.4 is 19.7 Å². The maximum absolute atomic E-state index is 12.4. The van der Waals surface area contributed by atoms with E-state index < -0.39 is 0 Å². The monoisotopic (exact) mass is 427 g/mol. The third-order valence-electron chi connectivity index (χ3n) is 5.04. The predicted octanol–water partition coefficient (Wildman–Crippen LogP) is 2.55. The van der Waals surface area contributed by atoms with Gasteiger partial charge in [0.05, 0.1) is 6.54 Å². The molecule has 7 nitrogen and oxygen atoms in total. The highest BCUT2D eigenvalue weighted by Crippen LogP contribution is 2.32. The number of hydrogen-bond acceptors (Lipinski definition) is 5. The minimum atomic E-state index is -0.321. The Balaban J connectivity index is 1.22. The van der Waals surface area contributed by atoms with Gasteiger partial charge < -0.3 is 24.6 Å². The Labute approximate surface area is 179 Å². The van der Waals surface area contributed by atoms with E-state index in [1.807, 2.05) is 30.3 Å². The Morgan fingerprint density at radius 3 is 2.63 bits per heavy atom. The molecule has 0 radical (unpaired) electrons. The van der Waals surface area contributed by atoms with E-state index in [2.05, 4.69) is 10.2 Å².